The molecule has 0 aromatic rings. The van der Waals surface area contributed by atoms with Gasteiger partial charge in [-0.1, -0.05) is 0 Å². The Balaban J connectivity index is 1.59. The summed E-state index contributed by atoms with van der Waals surface area (Å²) in [6, 6.07) is -1.49. The quantitative estimate of drug-likeness (QED) is 0.0947. The van der Waals surface area contributed by atoms with Crippen LogP contribution in [0.2, 0.25) is 0 Å². The summed E-state index contributed by atoms with van der Waals surface area (Å²) >= 11 is 0. The Morgan fingerprint density at radius 2 is 1.02 bits per heavy atom. The van der Waals surface area contributed by atoms with Gasteiger partial charge in [-0.15, -0.1) is 0 Å². The zero-order valence-electron chi connectivity index (χ0n) is 25.5. The highest BCUT2D eigenvalue weighted by molar-refractivity contribution is 5.73. The fourth-order valence-electron chi connectivity index (χ4n) is 5.84. The van der Waals surface area contributed by atoms with Gasteiger partial charge in [0.15, 0.2) is 25.2 Å². The van der Waals surface area contributed by atoms with Crippen LogP contribution in [-0.4, -0.2) is 221 Å². The molecule has 0 aliphatic carbocycles. The Hall–Kier alpha value is -1.33. The van der Waals surface area contributed by atoms with E-state index in [2.05, 4.69) is 5.32 Å². The molecule has 4 fully saturated rings. The highest BCUT2D eigenvalue weighted by Gasteiger charge is 2.54. The molecule has 0 bridgehead atoms. The van der Waals surface area contributed by atoms with Crippen molar-refractivity contribution in [3.8, 4) is 0 Å². The average Bonchev–Trinajstić information content (AvgIpc) is 3.05. The minimum Gasteiger partial charge on any atom is -0.394 e. The molecule has 0 saturated carbocycles. The Morgan fingerprint density at radius 1 is 0.542 bits per heavy atom. The van der Waals surface area contributed by atoms with Crippen LogP contribution in [0.4, 0.5) is 0 Å². The van der Waals surface area contributed by atoms with E-state index in [0.717, 1.165) is 6.92 Å². The Bertz CT molecular complexity index is 1030. The van der Waals surface area contributed by atoms with Crippen LogP contribution in [0.25, 0.3) is 0 Å². The van der Waals surface area contributed by atoms with Crippen molar-refractivity contribution in [2.24, 2.45) is 0 Å². The summed E-state index contributed by atoms with van der Waals surface area (Å²) in [5, 5.41) is 136. The molecule has 0 radical (unpaired) electrons. The number of nitrogens with one attached hydrogen (secondary N) is 1. The van der Waals surface area contributed by atoms with Crippen molar-refractivity contribution in [2.75, 3.05) is 26.4 Å². The van der Waals surface area contributed by atoms with Crippen LogP contribution in [0.5, 0.6) is 0 Å². The fraction of sp³-hybridized carbons (Fsp3) is 0.962. The van der Waals surface area contributed by atoms with Crippen LogP contribution < -0.4 is 5.32 Å². The highest BCUT2D eigenvalue weighted by atomic mass is 16.8. The maximum Gasteiger partial charge on any atom is 0.217 e. The first kappa shape index (κ1) is 39.5. The normalized spacial score (nSPS) is 50.2. The second-order valence-corrected chi connectivity index (χ2v) is 11.9. The van der Waals surface area contributed by atoms with Crippen LogP contribution in [-0.2, 0) is 38.0 Å². The predicted molar refractivity (Wildman–Crippen MR) is 145 cm³/mol. The largest absolute Gasteiger partial charge is 0.394 e. The van der Waals surface area contributed by atoms with Crippen molar-refractivity contribution in [3.05, 3.63) is 0 Å². The first-order valence-corrected chi connectivity index (χ1v) is 15.1. The van der Waals surface area contributed by atoms with E-state index in [9.17, 15) is 71.2 Å². The van der Waals surface area contributed by atoms with E-state index in [1.807, 2.05) is 0 Å². The standard InChI is InChI=1S/C26H45NO21/c1-6(31)27-11-15(35)21(9(4-30)43-23(11)41)47-26-20(40)22(48-25-19(39)17(37)13(33)8(3-29)45-25)14(34)10(46-26)5-42-24-18(38)16(36)12(32)7(2-28)44-24/h7-26,28-30,32-41H,2-5H2,1H3,(H,27,31)/t7-,8-,9-,10-,11-,12-,13-,14+,15-,16+,17+,18+,19+,20+,21-,22+,23?,24+,25-,26+/m1/s1. The van der Waals surface area contributed by atoms with Gasteiger partial charge in [0.2, 0.25) is 5.91 Å². The van der Waals surface area contributed by atoms with Gasteiger partial charge in [0.1, 0.15) is 97.6 Å². The zero-order chi connectivity index (χ0) is 35.6. The fourth-order valence-corrected chi connectivity index (χ4v) is 5.84. The lowest BCUT2D eigenvalue weighted by atomic mass is 9.95. The Morgan fingerprint density at radius 3 is 1.56 bits per heavy atom. The van der Waals surface area contributed by atoms with Gasteiger partial charge in [0, 0.05) is 6.92 Å². The third kappa shape index (κ3) is 8.24. The molecule has 1 unspecified atom stereocenters. The van der Waals surface area contributed by atoms with E-state index in [-0.39, 0.29) is 0 Å². The minimum absolute atomic E-state index is 0.682. The number of carbonyl (C=O) groups excluding carboxylic acids is 1. The van der Waals surface area contributed by atoms with Gasteiger partial charge in [0.25, 0.3) is 0 Å². The monoisotopic (exact) mass is 707 g/mol. The van der Waals surface area contributed by atoms with Crippen LogP contribution in [0, 0.1) is 0 Å². The van der Waals surface area contributed by atoms with Crippen molar-refractivity contribution in [1.29, 1.82) is 0 Å². The summed E-state index contributed by atoms with van der Waals surface area (Å²) in [6.45, 7) is -2.15. The molecule has 22 nitrogen and oxygen atoms in total. The molecule has 48 heavy (non-hydrogen) atoms. The zero-order valence-corrected chi connectivity index (χ0v) is 25.5. The van der Waals surface area contributed by atoms with Crippen LogP contribution >= 0.6 is 0 Å². The van der Waals surface area contributed by atoms with E-state index in [4.69, 9.17) is 33.2 Å². The summed E-state index contributed by atoms with van der Waals surface area (Å²) < 4.78 is 38.4. The molecule has 4 heterocycles. The number of amides is 1. The molecule has 4 rings (SSSR count). The molecular formula is C26H45NO21. The lowest BCUT2D eigenvalue weighted by molar-refractivity contribution is -0.379. The minimum atomic E-state index is -2.06. The van der Waals surface area contributed by atoms with Crippen LogP contribution in [0.15, 0.2) is 0 Å². The van der Waals surface area contributed by atoms with E-state index in [1.165, 1.54) is 0 Å². The van der Waals surface area contributed by atoms with Crippen LogP contribution in [0.3, 0.4) is 0 Å². The van der Waals surface area contributed by atoms with Crippen molar-refractivity contribution in [3.63, 3.8) is 0 Å². The van der Waals surface area contributed by atoms with Gasteiger partial charge in [-0.2, -0.15) is 0 Å². The highest BCUT2D eigenvalue weighted by Crippen LogP contribution is 2.33. The molecule has 4 saturated heterocycles. The molecule has 0 aromatic heterocycles. The summed E-state index contributed by atoms with van der Waals surface area (Å²) in [4.78, 5) is 11.7. The molecular weight excluding hydrogens is 662 g/mol. The summed E-state index contributed by atoms with van der Waals surface area (Å²) in [6.07, 6.45) is -33.7. The SMILES string of the molecule is CC(=O)N[C@H]1C(O)O[C@H](CO)[C@@H](O[C@@H]2O[C@H](CO[C@H]3O[C@H](CO)[C@@H](O)[C@H](O)[C@@H]3O)[C@H](O)[C@H](O[C@H]3O[C@H](CO)[C@@H](O)[C@H](O)[C@@H]3O)[C@@H]2O)[C@@H]1O. The number of aliphatic hydroxyl groups excluding tert-OH is 13. The van der Waals surface area contributed by atoms with Crippen molar-refractivity contribution in [2.45, 2.75) is 130 Å². The summed E-state index contributed by atoms with van der Waals surface area (Å²) in [7, 11) is 0. The number of ether oxygens (including phenoxy) is 7. The molecule has 14 N–H and O–H groups in total. The second kappa shape index (κ2) is 16.8. The van der Waals surface area contributed by atoms with Gasteiger partial charge in [-0.25, -0.2) is 0 Å². The Kier molecular flexibility index (Phi) is 13.8. The maximum absolute atomic E-state index is 11.7. The first-order chi connectivity index (χ1) is 22.6. The van der Waals surface area contributed by atoms with Crippen molar-refractivity contribution >= 4 is 5.91 Å². The molecule has 0 aromatic carbocycles. The molecule has 4 aliphatic heterocycles. The molecule has 20 atom stereocenters. The number of hydrogen-bond acceptors (Lipinski definition) is 21. The van der Waals surface area contributed by atoms with Gasteiger partial charge in [0.05, 0.1) is 26.4 Å². The van der Waals surface area contributed by atoms with Gasteiger partial charge < -0.3 is 105 Å². The summed E-state index contributed by atoms with van der Waals surface area (Å²) in [5.74, 6) is -0.682. The lowest BCUT2D eigenvalue weighted by Gasteiger charge is -2.48. The number of carbonyl (C=O) groups is 1. The van der Waals surface area contributed by atoms with E-state index in [1.54, 1.807) is 0 Å². The van der Waals surface area contributed by atoms with Gasteiger partial charge >= 0.3 is 0 Å². The molecule has 280 valence electrons. The number of rotatable bonds is 11. The Labute approximate surface area is 272 Å². The second-order valence-electron chi connectivity index (χ2n) is 11.9. The molecule has 22 heteroatoms. The summed E-state index contributed by atoms with van der Waals surface area (Å²) in [5.41, 5.74) is 0. The van der Waals surface area contributed by atoms with E-state index < -0.39 is 155 Å². The molecule has 1 amide bonds. The number of hydrogen-bond donors (Lipinski definition) is 14. The van der Waals surface area contributed by atoms with Gasteiger partial charge in [-0.3, -0.25) is 4.79 Å². The van der Waals surface area contributed by atoms with Crippen molar-refractivity contribution in [1.82, 2.24) is 5.32 Å². The third-order valence-electron chi connectivity index (χ3n) is 8.59. The van der Waals surface area contributed by atoms with E-state index >= 15 is 0 Å². The van der Waals surface area contributed by atoms with E-state index in [0.29, 0.717) is 0 Å². The van der Waals surface area contributed by atoms with Crippen molar-refractivity contribution < 1.29 is 104 Å². The van der Waals surface area contributed by atoms with Gasteiger partial charge in [-0.05, 0) is 0 Å². The predicted octanol–water partition coefficient (Wildman–Crippen LogP) is -9.61. The molecule has 0 spiro atoms. The van der Waals surface area contributed by atoms with Crippen LogP contribution in [0.1, 0.15) is 6.92 Å². The first-order valence-electron chi connectivity index (χ1n) is 15.1. The maximum atomic E-state index is 11.7. The smallest absolute Gasteiger partial charge is 0.217 e. The average molecular weight is 708 g/mol. The molecule has 4 aliphatic rings. The topological polar surface area (TPSA) is 357 Å². The number of aliphatic hydroxyl groups is 13. The lowest BCUT2D eigenvalue weighted by Crippen LogP contribution is -2.68. The third-order valence-corrected chi connectivity index (χ3v) is 8.59.